The van der Waals surface area contributed by atoms with Gasteiger partial charge in [-0.2, -0.15) is 0 Å². The van der Waals surface area contributed by atoms with E-state index in [1.807, 2.05) is 37.4 Å². The molecule has 0 radical (unpaired) electrons. The van der Waals surface area contributed by atoms with Crippen molar-refractivity contribution in [3.05, 3.63) is 87.4 Å². The third-order valence-corrected chi connectivity index (χ3v) is 7.72. The van der Waals surface area contributed by atoms with Gasteiger partial charge in [-0.1, -0.05) is 71.0 Å². The molecule has 3 rings (SSSR count). The van der Waals surface area contributed by atoms with Gasteiger partial charge < -0.3 is 15.1 Å². The lowest BCUT2D eigenvalue weighted by Gasteiger charge is -2.32. The molecule has 0 saturated heterocycles. The molecule has 3 amide bonds. The number of rotatable bonds is 11. The van der Waals surface area contributed by atoms with E-state index in [0.717, 1.165) is 27.3 Å². The zero-order valence-electron chi connectivity index (χ0n) is 23.3. The first-order chi connectivity index (χ1) is 18.1. The number of hydrogen-bond acceptors (Lipinski definition) is 3. The highest BCUT2D eigenvalue weighted by Gasteiger charge is 2.27. The number of carbonyl (C=O) groups excluding carboxylic acids is 2. The number of urea groups is 1. The second kappa shape index (κ2) is 13.6. The largest absolute Gasteiger partial charge is 0.332 e. The normalized spacial score (nSPS) is 12.0. The summed E-state index contributed by atoms with van der Waals surface area (Å²) in [7, 11) is 0. The highest BCUT2D eigenvalue weighted by Crippen LogP contribution is 2.32. The van der Waals surface area contributed by atoms with E-state index in [2.05, 4.69) is 45.1 Å². The molecule has 0 bridgehead atoms. The lowest BCUT2D eigenvalue weighted by atomic mass is 9.92. The first kappa shape index (κ1) is 29.4. The van der Waals surface area contributed by atoms with Crippen molar-refractivity contribution in [2.45, 2.75) is 78.9 Å². The van der Waals surface area contributed by atoms with Crippen molar-refractivity contribution in [1.82, 2.24) is 9.80 Å². The van der Waals surface area contributed by atoms with Crippen molar-refractivity contribution in [3.63, 3.8) is 0 Å². The second-order valence-electron chi connectivity index (χ2n) is 10.4. The average molecular weight is 538 g/mol. The Morgan fingerprint density at radius 2 is 1.53 bits per heavy atom. The minimum Gasteiger partial charge on any atom is -0.332 e. The van der Waals surface area contributed by atoms with E-state index in [4.69, 9.17) is 0 Å². The van der Waals surface area contributed by atoms with Crippen LogP contribution in [0.4, 0.5) is 14.9 Å². The first-order valence-electron chi connectivity index (χ1n) is 13.4. The molecule has 0 aliphatic heterocycles. The highest BCUT2D eigenvalue weighted by molar-refractivity contribution is 7.09. The van der Waals surface area contributed by atoms with Crippen molar-refractivity contribution < 1.29 is 14.0 Å². The van der Waals surface area contributed by atoms with E-state index >= 15 is 0 Å². The summed E-state index contributed by atoms with van der Waals surface area (Å²) in [5.74, 6) is 0.00528. The van der Waals surface area contributed by atoms with Gasteiger partial charge in [0.2, 0.25) is 5.91 Å². The number of amides is 3. The zero-order chi connectivity index (χ0) is 27.8. The summed E-state index contributed by atoms with van der Waals surface area (Å²) in [6.07, 6.45) is 0.715. The average Bonchev–Trinajstić information content (AvgIpc) is 3.40. The quantitative estimate of drug-likeness (QED) is 0.269. The van der Waals surface area contributed by atoms with Crippen molar-refractivity contribution in [3.8, 4) is 0 Å². The smallest absolute Gasteiger partial charge is 0.322 e. The molecule has 204 valence electrons. The summed E-state index contributed by atoms with van der Waals surface area (Å²) < 4.78 is 13.5. The van der Waals surface area contributed by atoms with E-state index in [9.17, 15) is 14.0 Å². The van der Waals surface area contributed by atoms with Gasteiger partial charge in [-0.05, 0) is 65.4 Å². The second-order valence-corrected chi connectivity index (χ2v) is 11.4. The van der Waals surface area contributed by atoms with Crippen LogP contribution in [0.1, 0.15) is 81.4 Å². The predicted molar refractivity (Wildman–Crippen MR) is 155 cm³/mol. The van der Waals surface area contributed by atoms with Crippen molar-refractivity contribution in [1.29, 1.82) is 0 Å². The molecule has 0 fully saturated rings. The topological polar surface area (TPSA) is 52.7 Å². The van der Waals surface area contributed by atoms with Crippen LogP contribution < -0.4 is 5.32 Å². The number of benzene rings is 2. The Morgan fingerprint density at radius 3 is 2.05 bits per heavy atom. The van der Waals surface area contributed by atoms with Crippen LogP contribution >= 0.6 is 11.3 Å². The Balaban J connectivity index is 1.87. The fourth-order valence-electron chi connectivity index (χ4n) is 4.40. The van der Waals surface area contributed by atoms with Crippen LogP contribution in [0.25, 0.3) is 0 Å². The van der Waals surface area contributed by atoms with Gasteiger partial charge in [0, 0.05) is 23.2 Å². The van der Waals surface area contributed by atoms with Crippen molar-refractivity contribution >= 4 is 29.0 Å². The molecule has 5 nitrogen and oxygen atoms in total. The molecule has 38 heavy (non-hydrogen) atoms. The summed E-state index contributed by atoms with van der Waals surface area (Å²) in [6, 6.07) is 15.9. The Hall–Kier alpha value is -3.19. The number of halogens is 1. The Bertz CT molecular complexity index is 1170. The maximum absolute atomic E-state index is 13.7. The monoisotopic (exact) mass is 537 g/mol. The zero-order valence-corrected chi connectivity index (χ0v) is 24.1. The molecular weight excluding hydrogens is 497 g/mol. The summed E-state index contributed by atoms with van der Waals surface area (Å²) in [5.41, 5.74) is 3.83. The van der Waals surface area contributed by atoms with Gasteiger partial charge in [-0.25, -0.2) is 9.18 Å². The first-order valence-corrected chi connectivity index (χ1v) is 14.2. The maximum atomic E-state index is 13.7. The highest BCUT2D eigenvalue weighted by atomic mass is 32.1. The number of thiophene rings is 1. The molecule has 1 aromatic heterocycles. The standard InChI is InChI=1S/C31H40FN3O2S/c1-7-23(6)35(31(37)33-30-27(21(2)3)11-8-12-28(30)22(4)5)20-29(36)34(19-26-10-9-17-38-26)18-24-13-15-25(32)16-14-24/h8-17,21-23H,7,18-20H2,1-6H3,(H,33,37). The molecule has 0 saturated carbocycles. The molecule has 1 atom stereocenters. The number of nitrogens with zero attached hydrogens (tertiary/aromatic N) is 2. The summed E-state index contributed by atoms with van der Waals surface area (Å²) >= 11 is 1.58. The fraction of sp³-hybridized carbons (Fsp3) is 0.419. The number of nitrogens with one attached hydrogen (secondary N) is 1. The molecule has 7 heteroatoms. The summed E-state index contributed by atoms with van der Waals surface area (Å²) in [4.78, 5) is 31.9. The Morgan fingerprint density at radius 1 is 0.895 bits per heavy atom. The van der Waals surface area contributed by atoms with Crippen LogP contribution in [-0.2, 0) is 17.9 Å². The lowest BCUT2D eigenvalue weighted by Crippen LogP contribution is -2.48. The van der Waals surface area contributed by atoms with Crippen LogP contribution in [-0.4, -0.2) is 34.3 Å². The molecule has 3 aromatic rings. The third kappa shape index (κ3) is 7.67. The number of anilines is 1. The van der Waals surface area contributed by atoms with Gasteiger partial charge >= 0.3 is 6.03 Å². The fourth-order valence-corrected chi connectivity index (χ4v) is 5.12. The SMILES string of the molecule is CCC(C)N(CC(=O)N(Cc1ccc(F)cc1)Cc1cccs1)C(=O)Nc1c(C(C)C)cccc1C(C)C. The number of hydrogen-bond donors (Lipinski definition) is 1. The molecule has 2 aromatic carbocycles. The van der Waals surface area contributed by atoms with Crippen LogP contribution in [0.2, 0.25) is 0 Å². The van der Waals surface area contributed by atoms with Gasteiger partial charge in [-0.15, -0.1) is 11.3 Å². The van der Waals surface area contributed by atoms with E-state index in [1.165, 1.54) is 12.1 Å². The predicted octanol–water partition coefficient (Wildman–Crippen LogP) is 8.00. The van der Waals surface area contributed by atoms with Gasteiger partial charge in [0.25, 0.3) is 0 Å². The van der Waals surface area contributed by atoms with Gasteiger partial charge in [0.15, 0.2) is 0 Å². The summed E-state index contributed by atoms with van der Waals surface area (Å²) in [6.45, 7) is 13.2. The van der Waals surface area contributed by atoms with E-state index in [1.54, 1.807) is 33.3 Å². The molecule has 1 heterocycles. The van der Waals surface area contributed by atoms with E-state index in [0.29, 0.717) is 19.5 Å². The lowest BCUT2D eigenvalue weighted by molar-refractivity contribution is -0.133. The number of carbonyl (C=O) groups is 2. The Labute approximate surface area is 230 Å². The van der Waals surface area contributed by atoms with E-state index < -0.39 is 0 Å². The maximum Gasteiger partial charge on any atom is 0.322 e. The van der Waals surface area contributed by atoms with Gasteiger partial charge in [0.05, 0.1) is 6.54 Å². The molecule has 1 N–H and O–H groups in total. The van der Waals surface area contributed by atoms with Crippen LogP contribution in [0.5, 0.6) is 0 Å². The van der Waals surface area contributed by atoms with Crippen LogP contribution in [0.15, 0.2) is 60.0 Å². The third-order valence-electron chi connectivity index (χ3n) is 6.86. The van der Waals surface area contributed by atoms with Crippen LogP contribution in [0, 0.1) is 5.82 Å². The molecule has 0 spiro atoms. The van der Waals surface area contributed by atoms with Crippen molar-refractivity contribution in [2.24, 2.45) is 0 Å². The minimum absolute atomic E-state index is 0.0474. The number of para-hydroxylation sites is 1. The summed E-state index contributed by atoms with van der Waals surface area (Å²) in [5, 5.41) is 5.16. The molecule has 1 unspecified atom stereocenters. The Kier molecular flexibility index (Phi) is 10.5. The molecule has 0 aliphatic carbocycles. The van der Waals surface area contributed by atoms with Gasteiger partial charge in [0.1, 0.15) is 12.4 Å². The minimum atomic E-state index is -0.313. The van der Waals surface area contributed by atoms with E-state index in [-0.39, 0.29) is 42.2 Å². The van der Waals surface area contributed by atoms with Gasteiger partial charge in [-0.3, -0.25) is 4.79 Å². The van der Waals surface area contributed by atoms with Crippen molar-refractivity contribution in [2.75, 3.05) is 11.9 Å². The molecular formula is C31H40FN3O2S. The van der Waals surface area contributed by atoms with Crippen LogP contribution in [0.3, 0.4) is 0 Å². The molecule has 0 aliphatic rings.